The van der Waals surface area contributed by atoms with Crippen LogP contribution in [0.15, 0.2) is 16.5 Å². The van der Waals surface area contributed by atoms with Gasteiger partial charge >= 0.3 is 0 Å². The molecular formula is C10H12ClNO3. The molecule has 1 amide bonds. The first kappa shape index (κ1) is 10.5. The fourth-order valence-corrected chi connectivity index (χ4v) is 1.77. The second kappa shape index (κ2) is 3.54. The van der Waals surface area contributed by atoms with E-state index in [1.807, 2.05) is 6.92 Å². The third kappa shape index (κ3) is 1.87. The van der Waals surface area contributed by atoms with Gasteiger partial charge in [-0.2, -0.15) is 0 Å². The molecule has 0 saturated carbocycles. The van der Waals surface area contributed by atoms with E-state index in [9.17, 15) is 4.79 Å². The van der Waals surface area contributed by atoms with E-state index in [0.29, 0.717) is 13.1 Å². The molecule has 15 heavy (non-hydrogen) atoms. The summed E-state index contributed by atoms with van der Waals surface area (Å²) in [5.41, 5.74) is -0.216. The van der Waals surface area contributed by atoms with E-state index in [2.05, 4.69) is 0 Å². The van der Waals surface area contributed by atoms with E-state index in [1.54, 1.807) is 24.1 Å². The van der Waals surface area contributed by atoms with E-state index >= 15 is 0 Å². The summed E-state index contributed by atoms with van der Waals surface area (Å²) in [7, 11) is 1.64. The van der Waals surface area contributed by atoms with Gasteiger partial charge in [-0.25, -0.2) is 0 Å². The second-order valence-electron chi connectivity index (χ2n) is 3.92. The van der Waals surface area contributed by atoms with E-state index in [4.69, 9.17) is 20.8 Å². The van der Waals surface area contributed by atoms with Crippen LogP contribution in [0.1, 0.15) is 17.5 Å². The predicted molar refractivity (Wildman–Crippen MR) is 55.0 cm³/mol. The van der Waals surface area contributed by atoms with Crippen LogP contribution in [0.2, 0.25) is 5.22 Å². The quantitative estimate of drug-likeness (QED) is 0.777. The highest BCUT2D eigenvalue weighted by atomic mass is 35.5. The molecule has 1 aliphatic rings. The maximum Gasteiger partial charge on any atom is 0.289 e. The molecule has 1 fully saturated rings. The molecule has 2 heterocycles. The van der Waals surface area contributed by atoms with Gasteiger partial charge in [0, 0.05) is 7.11 Å². The van der Waals surface area contributed by atoms with Gasteiger partial charge in [0.2, 0.25) is 0 Å². The number of rotatable bonds is 2. The van der Waals surface area contributed by atoms with Gasteiger partial charge in [0.05, 0.1) is 13.1 Å². The van der Waals surface area contributed by atoms with Gasteiger partial charge in [0.25, 0.3) is 5.91 Å². The van der Waals surface area contributed by atoms with Crippen molar-refractivity contribution >= 4 is 17.5 Å². The normalized spacial score (nSPS) is 18.7. The van der Waals surface area contributed by atoms with Crippen LogP contribution in [0, 0.1) is 0 Å². The van der Waals surface area contributed by atoms with Crippen LogP contribution in [-0.4, -0.2) is 36.6 Å². The lowest BCUT2D eigenvalue weighted by atomic mass is 9.96. The standard InChI is InChI=1S/C10H12ClNO3/c1-10(14-2)5-12(6-10)9(13)7-3-4-8(11)15-7/h3-4H,5-6H2,1-2H3. The Bertz CT molecular complexity index is 382. The molecule has 0 spiro atoms. The summed E-state index contributed by atoms with van der Waals surface area (Å²) in [4.78, 5) is 13.4. The number of ether oxygens (including phenoxy) is 1. The van der Waals surface area contributed by atoms with Gasteiger partial charge in [-0.05, 0) is 30.7 Å². The van der Waals surface area contributed by atoms with Gasteiger partial charge < -0.3 is 14.1 Å². The van der Waals surface area contributed by atoms with Crippen LogP contribution in [-0.2, 0) is 4.74 Å². The number of hydrogen-bond donors (Lipinski definition) is 0. The summed E-state index contributed by atoms with van der Waals surface area (Å²) < 4.78 is 10.3. The Balaban J connectivity index is 2.00. The number of amides is 1. The highest BCUT2D eigenvalue weighted by Crippen LogP contribution is 2.26. The Labute approximate surface area is 92.7 Å². The summed E-state index contributed by atoms with van der Waals surface area (Å²) in [6.07, 6.45) is 0. The van der Waals surface area contributed by atoms with Crippen molar-refractivity contribution < 1.29 is 13.9 Å². The monoisotopic (exact) mass is 229 g/mol. The average Bonchev–Trinajstić information content (AvgIpc) is 2.59. The third-order valence-electron chi connectivity index (χ3n) is 2.61. The molecule has 82 valence electrons. The minimum Gasteiger partial charge on any atom is -0.440 e. The van der Waals surface area contributed by atoms with Crippen molar-refractivity contribution in [1.29, 1.82) is 0 Å². The number of methoxy groups -OCH3 is 1. The zero-order valence-electron chi connectivity index (χ0n) is 8.62. The van der Waals surface area contributed by atoms with Crippen molar-refractivity contribution in [2.75, 3.05) is 20.2 Å². The van der Waals surface area contributed by atoms with Crippen LogP contribution in [0.25, 0.3) is 0 Å². The van der Waals surface area contributed by atoms with Crippen LogP contribution in [0.4, 0.5) is 0 Å². The van der Waals surface area contributed by atoms with Crippen LogP contribution in [0.5, 0.6) is 0 Å². The molecule has 0 bridgehead atoms. The summed E-state index contributed by atoms with van der Waals surface area (Å²) >= 11 is 5.59. The van der Waals surface area contributed by atoms with E-state index in [-0.39, 0.29) is 22.5 Å². The van der Waals surface area contributed by atoms with Crippen molar-refractivity contribution in [1.82, 2.24) is 4.90 Å². The van der Waals surface area contributed by atoms with Gasteiger partial charge in [-0.1, -0.05) is 0 Å². The van der Waals surface area contributed by atoms with E-state index in [1.165, 1.54) is 0 Å². The lowest BCUT2D eigenvalue weighted by Gasteiger charge is -2.46. The molecule has 0 aromatic carbocycles. The van der Waals surface area contributed by atoms with Crippen molar-refractivity contribution in [3.8, 4) is 0 Å². The maximum atomic E-state index is 11.8. The molecule has 2 rings (SSSR count). The molecule has 0 aliphatic carbocycles. The zero-order valence-corrected chi connectivity index (χ0v) is 9.37. The number of nitrogens with zero attached hydrogens (tertiary/aromatic N) is 1. The van der Waals surface area contributed by atoms with Gasteiger partial charge in [0.1, 0.15) is 5.60 Å². The molecule has 1 aromatic rings. The molecule has 0 unspecified atom stereocenters. The van der Waals surface area contributed by atoms with Crippen LogP contribution in [0.3, 0.4) is 0 Å². The minimum atomic E-state index is -0.216. The fraction of sp³-hybridized carbons (Fsp3) is 0.500. The van der Waals surface area contributed by atoms with Gasteiger partial charge in [0.15, 0.2) is 11.0 Å². The molecule has 1 aliphatic heterocycles. The van der Waals surface area contributed by atoms with E-state index in [0.717, 1.165) is 0 Å². The summed E-state index contributed by atoms with van der Waals surface area (Å²) in [6, 6.07) is 3.14. The van der Waals surface area contributed by atoms with Crippen molar-refractivity contribution in [3.63, 3.8) is 0 Å². The molecule has 0 N–H and O–H groups in total. The Morgan fingerprint density at radius 1 is 1.60 bits per heavy atom. The lowest BCUT2D eigenvalue weighted by Crippen LogP contribution is -2.62. The first-order chi connectivity index (χ1) is 7.04. The van der Waals surface area contributed by atoms with Crippen LogP contribution >= 0.6 is 11.6 Å². The topological polar surface area (TPSA) is 42.7 Å². The predicted octanol–water partition coefficient (Wildman–Crippen LogP) is 1.79. The first-order valence-corrected chi connectivity index (χ1v) is 5.02. The Morgan fingerprint density at radius 3 is 2.73 bits per heavy atom. The third-order valence-corrected chi connectivity index (χ3v) is 2.82. The molecule has 0 radical (unpaired) electrons. The molecule has 4 nitrogen and oxygen atoms in total. The van der Waals surface area contributed by atoms with Crippen molar-refractivity contribution in [2.24, 2.45) is 0 Å². The second-order valence-corrected chi connectivity index (χ2v) is 4.29. The summed E-state index contributed by atoms with van der Waals surface area (Å²) in [6.45, 7) is 3.13. The van der Waals surface area contributed by atoms with Crippen LogP contribution < -0.4 is 0 Å². The molecule has 1 aromatic heterocycles. The highest BCUT2D eigenvalue weighted by molar-refractivity contribution is 6.29. The van der Waals surface area contributed by atoms with Gasteiger partial charge in [-0.15, -0.1) is 0 Å². The number of halogens is 1. The van der Waals surface area contributed by atoms with Crippen molar-refractivity contribution in [3.05, 3.63) is 23.1 Å². The zero-order chi connectivity index (χ0) is 11.1. The number of carbonyl (C=O) groups excluding carboxylic acids is 1. The number of furan rings is 1. The number of hydrogen-bond acceptors (Lipinski definition) is 3. The fourth-order valence-electron chi connectivity index (χ4n) is 1.62. The highest BCUT2D eigenvalue weighted by Gasteiger charge is 2.42. The van der Waals surface area contributed by atoms with E-state index < -0.39 is 0 Å². The molecular weight excluding hydrogens is 218 g/mol. The molecule has 5 heteroatoms. The average molecular weight is 230 g/mol. The Morgan fingerprint density at radius 2 is 2.27 bits per heavy atom. The molecule has 1 saturated heterocycles. The summed E-state index contributed by atoms with van der Waals surface area (Å²) in [5, 5.41) is 0.230. The Kier molecular flexibility index (Phi) is 2.48. The van der Waals surface area contributed by atoms with Crippen molar-refractivity contribution in [2.45, 2.75) is 12.5 Å². The summed E-state index contributed by atoms with van der Waals surface area (Å²) in [5.74, 6) is 0.134. The minimum absolute atomic E-state index is 0.142. The Hall–Kier alpha value is -1.00. The first-order valence-electron chi connectivity index (χ1n) is 4.64. The smallest absolute Gasteiger partial charge is 0.289 e. The maximum absolute atomic E-state index is 11.8. The number of carbonyl (C=O) groups is 1. The largest absolute Gasteiger partial charge is 0.440 e. The van der Waals surface area contributed by atoms with Gasteiger partial charge in [-0.3, -0.25) is 4.79 Å². The SMILES string of the molecule is COC1(C)CN(C(=O)c2ccc(Cl)o2)C1. The lowest BCUT2D eigenvalue weighted by molar-refractivity contribution is -0.0954. The number of likely N-dealkylation sites (tertiary alicyclic amines) is 1. The molecule has 0 atom stereocenters.